The highest BCUT2D eigenvalue weighted by atomic mass is 19.1. The number of nitrogens with zero attached hydrogens (tertiary/aromatic N) is 4. The van der Waals surface area contributed by atoms with E-state index in [1.54, 1.807) is 12.3 Å². The van der Waals surface area contributed by atoms with Crippen molar-refractivity contribution in [2.45, 2.75) is 20.4 Å². The lowest BCUT2D eigenvalue weighted by molar-refractivity contribution is 0.0722. The molecule has 3 aromatic rings. The molecule has 0 saturated carbocycles. The van der Waals surface area contributed by atoms with Crippen LogP contribution < -0.4 is 4.74 Å². The molecule has 29 heavy (non-hydrogen) atoms. The molecule has 2 aromatic heterocycles. The van der Waals surface area contributed by atoms with Crippen LogP contribution in [0.15, 0.2) is 36.7 Å². The predicted molar refractivity (Wildman–Crippen MR) is 103 cm³/mol. The van der Waals surface area contributed by atoms with Crippen LogP contribution in [0.2, 0.25) is 0 Å². The molecule has 0 spiro atoms. The minimum Gasteiger partial charge on any atom is -0.504 e. The normalized spacial score (nSPS) is 13.4. The van der Waals surface area contributed by atoms with Crippen molar-refractivity contribution in [3.8, 4) is 22.8 Å². The molecule has 7 nitrogen and oxygen atoms in total. The van der Waals surface area contributed by atoms with E-state index in [1.807, 2.05) is 19.9 Å². The number of phenolic OH excluding ortho intramolecular Hbond substituents is 1. The van der Waals surface area contributed by atoms with Gasteiger partial charge in [0.05, 0.1) is 23.6 Å². The lowest BCUT2D eigenvalue weighted by Gasteiger charge is -2.20. The molecule has 0 saturated heterocycles. The molecule has 0 radical (unpaired) electrons. The smallest absolute Gasteiger partial charge is 0.275 e. The number of benzene rings is 1. The second-order valence-electron chi connectivity index (χ2n) is 6.84. The highest BCUT2D eigenvalue weighted by Crippen LogP contribution is 2.38. The summed E-state index contributed by atoms with van der Waals surface area (Å²) < 4.78 is 19.7. The van der Waals surface area contributed by atoms with Gasteiger partial charge >= 0.3 is 0 Å². The SMILES string of the molecule is Cc1cnc(C)c(-c2cc(O)c3c(c2)CN(C(=O)c2ncccc2F)CCO3)n1. The summed E-state index contributed by atoms with van der Waals surface area (Å²) in [6, 6.07) is 6.02. The largest absolute Gasteiger partial charge is 0.504 e. The van der Waals surface area contributed by atoms with Gasteiger partial charge in [0.2, 0.25) is 0 Å². The number of aryl methyl sites for hydroxylation is 2. The van der Waals surface area contributed by atoms with Crippen molar-refractivity contribution in [1.82, 2.24) is 19.9 Å². The van der Waals surface area contributed by atoms with E-state index in [4.69, 9.17) is 4.74 Å². The zero-order chi connectivity index (χ0) is 20.5. The quantitative estimate of drug-likeness (QED) is 0.719. The van der Waals surface area contributed by atoms with Crippen molar-refractivity contribution < 1.29 is 19.0 Å². The second kappa shape index (κ2) is 7.46. The fraction of sp³-hybridized carbons (Fsp3) is 0.238. The number of carbonyl (C=O) groups excluding carboxylic acids is 1. The summed E-state index contributed by atoms with van der Waals surface area (Å²) in [7, 11) is 0. The summed E-state index contributed by atoms with van der Waals surface area (Å²) in [4.78, 5) is 27.0. The molecule has 1 amide bonds. The standard InChI is InChI=1S/C21H19FN4O3/c1-12-10-24-13(2)18(25-12)14-8-15-11-26(6-7-29-20(15)17(27)9-14)21(28)19-16(22)4-3-5-23-19/h3-5,8-10,27H,6-7,11H2,1-2H3. The van der Waals surface area contributed by atoms with Crippen LogP contribution in [0.5, 0.6) is 11.5 Å². The van der Waals surface area contributed by atoms with Crippen molar-refractivity contribution in [3.05, 3.63) is 65.1 Å². The minimum absolute atomic E-state index is 0.0430. The summed E-state index contributed by atoms with van der Waals surface area (Å²) in [6.07, 6.45) is 3.05. The molecular formula is C21H19FN4O3. The maximum absolute atomic E-state index is 14.0. The number of carbonyl (C=O) groups is 1. The molecule has 1 aliphatic rings. The molecule has 0 bridgehead atoms. The van der Waals surface area contributed by atoms with Crippen molar-refractivity contribution in [2.24, 2.45) is 0 Å². The Morgan fingerprint density at radius 2 is 2.10 bits per heavy atom. The molecule has 8 heteroatoms. The Kier molecular flexibility index (Phi) is 4.84. The zero-order valence-corrected chi connectivity index (χ0v) is 16.0. The lowest BCUT2D eigenvalue weighted by atomic mass is 10.0. The number of rotatable bonds is 2. The summed E-state index contributed by atoms with van der Waals surface area (Å²) in [5, 5.41) is 10.5. The van der Waals surface area contributed by atoms with E-state index in [9.17, 15) is 14.3 Å². The Balaban J connectivity index is 1.73. The first kappa shape index (κ1) is 18.8. The molecule has 0 fully saturated rings. The average molecular weight is 394 g/mol. The molecule has 1 N–H and O–H groups in total. The third-order valence-electron chi connectivity index (χ3n) is 4.71. The van der Waals surface area contributed by atoms with Gasteiger partial charge in [-0.05, 0) is 38.1 Å². The number of amides is 1. The first-order chi connectivity index (χ1) is 13.9. The Morgan fingerprint density at radius 3 is 2.90 bits per heavy atom. The van der Waals surface area contributed by atoms with E-state index >= 15 is 0 Å². The average Bonchev–Trinajstić information content (AvgIpc) is 2.92. The van der Waals surface area contributed by atoms with Crippen LogP contribution in [-0.2, 0) is 6.54 Å². The summed E-state index contributed by atoms with van der Waals surface area (Å²) >= 11 is 0. The Hall–Kier alpha value is -3.55. The van der Waals surface area contributed by atoms with Crippen LogP contribution in [0, 0.1) is 19.7 Å². The molecule has 1 aliphatic heterocycles. The van der Waals surface area contributed by atoms with E-state index in [2.05, 4.69) is 15.0 Å². The molecule has 0 atom stereocenters. The molecule has 0 unspecified atom stereocenters. The first-order valence-corrected chi connectivity index (χ1v) is 9.13. The van der Waals surface area contributed by atoms with E-state index in [1.165, 1.54) is 23.2 Å². The van der Waals surface area contributed by atoms with Crippen LogP contribution in [0.25, 0.3) is 11.3 Å². The van der Waals surface area contributed by atoms with Crippen molar-refractivity contribution in [2.75, 3.05) is 13.2 Å². The van der Waals surface area contributed by atoms with Gasteiger partial charge in [0, 0.05) is 30.1 Å². The molecular weight excluding hydrogens is 375 g/mol. The van der Waals surface area contributed by atoms with Crippen LogP contribution in [0.3, 0.4) is 0 Å². The van der Waals surface area contributed by atoms with Crippen molar-refractivity contribution >= 4 is 5.91 Å². The molecule has 3 heterocycles. The summed E-state index contributed by atoms with van der Waals surface area (Å²) in [5.74, 6) is -0.941. The third-order valence-corrected chi connectivity index (χ3v) is 4.71. The number of hydrogen-bond acceptors (Lipinski definition) is 6. The van der Waals surface area contributed by atoms with Gasteiger partial charge in [0.15, 0.2) is 23.0 Å². The number of fused-ring (bicyclic) bond motifs is 1. The monoisotopic (exact) mass is 394 g/mol. The van der Waals surface area contributed by atoms with Gasteiger partial charge in [-0.2, -0.15) is 0 Å². The van der Waals surface area contributed by atoms with E-state index < -0.39 is 11.7 Å². The maximum Gasteiger partial charge on any atom is 0.275 e. The van der Waals surface area contributed by atoms with Gasteiger partial charge < -0.3 is 14.7 Å². The Labute approximate surface area is 166 Å². The highest BCUT2D eigenvalue weighted by Gasteiger charge is 2.26. The third kappa shape index (κ3) is 3.61. The molecule has 4 rings (SSSR count). The van der Waals surface area contributed by atoms with Gasteiger partial charge in [-0.3, -0.25) is 9.78 Å². The topological polar surface area (TPSA) is 88.4 Å². The minimum atomic E-state index is -0.676. The fourth-order valence-corrected chi connectivity index (χ4v) is 3.31. The first-order valence-electron chi connectivity index (χ1n) is 9.13. The van der Waals surface area contributed by atoms with Crippen LogP contribution in [0.1, 0.15) is 27.4 Å². The number of phenols is 1. The van der Waals surface area contributed by atoms with Crippen LogP contribution in [-0.4, -0.2) is 44.0 Å². The molecule has 0 aliphatic carbocycles. The highest BCUT2D eigenvalue weighted by molar-refractivity contribution is 5.92. The van der Waals surface area contributed by atoms with Gasteiger partial charge in [-0.1, -0.05) is 0 Å². The maximum atomic E-state index is 14.0. The second-order valence-corrected chi connectivity index (χ2v) is 6.84. The molecule has 1 aromatic carbocycles. The van der Waals surface area contributed by atoms with E-state index in [0.717, 1.165) is 5.69 Å². The predicted octanol–water partition coefficient (Wildman–Crippen LogP) is 3.03. The Morgan fingerprint density at radius 1 is 1.28 bits per heavy atom. The number of ether oxygens (including phenoxy) is 1. The van der Waals surface area contributed by atoms with Gasteiger partial charge in [-0.25, -0.2) is 14.4 Å². The fourth-order valence-electron chi connectivity index (χ4n) is 3.31. The van der Waals surface area contributed by atoms with Gasteiger partial charge in [0.25, 0.3) is 5.91 Å². The number of hydrogen-bond donors (Lipinski definition) is 1. The van der Waals surface area contributed by atoms with E-state index in [-0.39, 0.29) is 31.1 Å². The van der Waals surface area contributed by atoms with Crippen molar-refractivity contribution in [3.63, 3.8) is 0 Å². The van der Waals surface area contributed by atoms with Gasteiger partial charge in [-0.15, -0.1) is 0 Å². The zero-order valence-electron chi connectivity index (χ0n) is 16.0. The van der Waals surface area contributed by atoms with Crippen LogP contribution >= 0.6 is 0 Å². The Bertz CT molecular complexity index is 1100. The molecule has 148 valence electrons. The number of halogens is 1. The number of aromatic nitrogens is 3. The number of aromatic hydroxyl groups is 1. The summed E-state index contributed by atoms with van der Waals surface area (Å²) in [5.41, 5.74) is 3.13. The summed E-state index contributed by atoms with van der Waals surface area (Å²) in [6.45, 7) is 4.22. The van der Waals surface area contributed by atoms with Crippen molar-refractivity contribution in [1.29, 1.82) is 0 Å². The lowest BCUT2D eigenvalue weighted by Crippen LogP contribution is -2.33. The number of pyridine rings is 1. The van der Waals surface area contributed by atoms with E-state index in [0.29, 0.717) is 28.3 Å². The van der Waals surface area contributed by atoms with Crippen LogP contribution in [0.4, 0.5) is 4.39 Å². The van der Waals surface area contributed by atoms with Gasteiger partial charge in [0.1, 0.15) is 6.61 Å².